The van der Waals surface area contributed by atoms with Crippen LogP contribution in [0.4, 0.5) is 0 Å². The number of carbonyl (C=O) groups excluding carboxylic acids is 1. The second-order valence-electron chi connectivity index (χ2n) is 4.38. The van der Waals surface area contributed by atoms with Gasteiger partial charge in [0.05, 0.1) is 0 Å². The van der Waals surface area contributed by atoms with E-state index in [-0.39, 0.29) is 11.9 Å². The number of nitrogens with one attached hydrogen (secondary N) is 1. The molecule has 1 aromatic carbocycles. The summed E-state index contributed by atoms with van der Waals surface area (Å²) in [7, 11) is 1.60. The lowest BCUT2D eigenvalue weighted by molar-refractivity contribution is -0.126. The summed E-state index contributed by atoms with van der Waals surface area (Å²) >= 11 is 0. The monoisotopic (exact) mass is 234 g/mol. The fraction of sp³-hybridized carbons (Fsp3) is 0.462. The number of likely N-dealkylation sites (N-methyl/N-ethyl adjacent to an activating group) is 1. The molecule has 0 saturated carbocycles. The minimum Gasteiger partial charge on any atom is -0.481 e. The molecule has 2 rings (SSSR count). The SMILES string of the molecule is CNC(=O)C(C)Oc1ccc2c(c1)CC[C@H]2N. The van der Waals surface area contributed by atoms with E-state index in [1.807, 2.05) is 18.2 Å². The first kappa shape index (κ1) is 11.9. The number of fused-ring (bicyclic) bond motifs is 1. The summed E-state index contributed by atoms with van der Waals surface area (Å²) in [6, 6.07) is 6.01. The number of carbonyl (C=O) groups is 1. The fourth-order valence-electron chi connectivity index (χ4n) is 2.16. The molecule has 1 aliphatic rings. The molecule has 1 aliphatic carbocycles. The number of ether oxygens (including phenoxy) is 1. The van der Waals surface area contributed by atoms with Gasteiger partial charge in [-0.3, -0.25) is 4.79 Å². The standard InChI is InChI=1S/C13H18N2O2/c1-8(13(16)15-2)17-10-4-5-11-9(7-10)3-6-12(11)14/h4-5,7-8,12H,3,6,14H2,1-2H3,(H,15,16)/t8?,12-/m1/s1. The maximum Gasteiger partial charge on any atom is 0.260 e. The number of hydrogen-bond acceptors (Lipinski definition) is 3. The molecular formula is C13H18N2O2. The van der Waals surface area contributed by atoms with E-state index in [4.69, 9.17) is 10.5 Å². The summed E-state index contributed by atoms with van der Waals surface area (Å²) in [6.07, 6.45) is 1.50. The maximum atomic E-state index is 11.3. The van der Waals surface area contributed by atoms with Gasteiger partial charge in [-0.15, -0.1) is 0 Å². The zero-order valence-corrected chi connectivity index (χ0v) is 10.2. The van der Waals surface area contributed by atoms with Crippen LogP contribution in [0.15, 0.2) is 18.2 Å². The van der Waals surface area contributed by atoms with Crippen molar-refractivity contribution in [3.05, 3.63) is 29.3 Å². The van der Waals surface area contributed by atoms with Crippen LogP contribution in [0.1, 0.15) is 30.5 Å². The summed E-state index contributed by atoms with van der Waals surface area (Å²) in [5.74, 6) is 0.608. The molecule has 0 aliphatic heterocycles. The molecule has 92 valence electrons. The van der Waals surface area contributed by atoms with Crippen LogP contribution in [0.3, 0.4) is 0 Å². The Hall–Kier alpha value is -1.55. The Balaban J connectivity index is 2.11. The first-order chi connectivity index (χ1) is 8.11. The van der Waals surface area contributed by atoms with Crippen molar-refractivity contribution in [3.63, 3.8) is 0 Å². The topological polar surface area (TPSA) is 64.3 Å². The van der Waals surface area contributed by atoms with Crippen molar-refractivity contribution >= 4 is 5.91 Å². The van der Waals surface area contributed by atoms with Crippen LogP contribution < -0.4 is 15.8 Å². The van der Waals surface area contributed by atoms with Gasteiger partial charge < -0.3 is 15.8 Å². The lowest BCUT2D eigenvalue weighted by Crippen LogP contribution is -2.33. The maximum absolute atomic E-state index is 11.3. The second kappa shape index (κ2) is 4.75. The van der Waals surface area contributed by atoms with Crippen LogP contribution in [0.25, 0.3) is 0 Å². The summed E-state index contributed by atoms with van der Waals surface area (Å²) in [5, 5.41) is 2.56. The van der Waals surface area contributed by atoms with Crippen LogP contribution in [-0.2, 0) is 11.2 Å². The van der Waals surface area contributed by atoms with Crippen LogP contribution in [0.5, 0.6) is 5.75 Å². The highest BCUT2D eigenvalue weighted by Crippen LogP contribution is 2.32. The summed E-state index contributed by atoms with van der Waals surface area (Å²) < 4.78 is 5.57. The van der Waals surface area contributed by atoms with Crippen molar-refractivity contribution in [2.75, 3.05) is 7.05 Å². The Morgan fingerprint density at radius 1 is 1.59 bits per heavy atom. The number of aryl methyl sites for hydroxylation is 1. The zero-order chi connectivity index (χ0) is 12.4. The van der Waals surface area contributed by atoms with E-state index in [1.165, 1.54) is 11.1 Å². The smallest absolute Gasteiger partial charge is 0.260 e. The quantitative estimate of drug-likeness (QED) is 0.824. The molecular weight excluding hydrogens is 216 g/mol. The first-order valence-electron chi connectivity index (χ1n) is 5.88. The number of nitrogens with two attached hydrogens (primary N) is 1. The summed E-state index contributed by atoms with van der Waals surface area (Å²) in [5.41, 5.74) is 8.40. The minimum atomic E-state index is -0.479. The summed E-state index contributed by atoms with van der Waals surface area (Å²) in [4.78, 5) is 11.3. The average molecular weight is 234 g/mol. The third kappa shape index (κ3) is 2.42. The van der Waals surface area contributed by atoms with Gasteiger partial charge in [0.2, 0.25) is 0 Å². The second-order valence-corrected chi connectivity index (χ2v) is 4.38. The Morgan fingerprint density at radius 2 is 2.35 bits per heavy atom. The molecule has 4 heteroatoms. The van der Waals surface area contributed by atoms with E-state index in [0.717, 1.165) is 18.6 Å². The predicted molar refractivity (Wildman–Crippen MR) is 65.8 cm³/mol. The van der Waals surface area contributed by atoms with E-state index >= 15 is 0 Å². The van der Waals surface area contributed by atoms with Gasteiger partial charge in [-0.05, 0) is 43.0 Å². The molecule has 0 aromatic heterocycles. The van der Waals surface area contributed by atoms with Crippen molar-refractivity contribution in [1.29, 1.82) is 0 Å². The predicted octanol–water partition coefficient (Wildman–Crippen LogP) is 1.15. The van der Waals surface area contributed by atoms with Gasteiger partial charge in [-0.25, -0.2) is 0 Å². The average Bonchev–Trinajstić information content (AvgIpc) is 2.69. The third-order valence-electron chi connectivity index (χ3n) is 3.17. The van der Waals surface area contributed by atoms with Gasteiger partial charge >= 0.3 is 0 Å². The fourth-order valence-corrected chi connectivity index (χ4v) is 2.16. The van der Waals surface area contributed by atoms with Crippen molar-refractivity contribution in [2.24, 2.45) is 5.73 Å². The minimum absolute atomic E-state index is 0.123. The molecule has 0 saturated heterocycles. The highest BCUT2D eigenvalue weighted by Gasteiger charge is 2.20. The molecule has 0 bridgehead atoms. The largest absolute Gasteiger partial charge is 0.481 e. The molecule has 17 heavy (non-hydrogen) atoms. The van der Waals surface area contributed by atoms with E-state index in [1.54, 1.807) is 14.0 Å². The van der Waals surface area contributed by atoms with Gasteiger partial charge in [0.25, 0.3) is 5.91 Å². The molecule has 1 aromatic rings. The Bertz CT molecular complexity index is 431. The Labute approximate surface area is 101 Å². The highest BCUT2D eigenvalue weighted by atomic mass is 16.5. The molecule has 0 heterocycles. The van der Waals surface area contributed by atoms with Gasteiger partial charge in [0.1, 0.15) is 5.75 Å². The van der Waals surface area contributed by atoms with E-state index < -0.39 is 6.10 Å². The van der Waals surface area contributed by atoms with E-state index in [9.17, 15) is 4.79 Å². The van der Waals surface area contributed by atoms with Crippen molar-refractivity contribution in [1.82, 2.24) is 5.32 Å². The third-order valence-corrected chi connectivity index (χ3v) is 3.17. The van der Waals surface area contributed by atoms with Crippen molar-refractivity contribution in [3.8, 4) is 5.75 Å². The van der Waals surface area contributed by atoms with Gasteiger partial charge in [0, 0.05) is 13.1 Å². The summed E-state index contributed by atoms with van der Waals surface area (Å²) in [6.45, 7) is 1.73. The molecule has 3 N–H and O–H groups in total. The normalized spacial score (nSPS) is 19.6. The zero-order valence-electron chi connectivity index (χ0n) is 10.2. The number of benzene rings is 1. The molecule has 0 fully saturated rings. The molecule has 1 unspecified atom stereocenters. The van der Waals surface area contributed by atoms with Crippen LogP contribution in [-0.4, -0.2) is 19.1 Å². The van der Waals surface area contributed by atoms with E-state index in [0.29, 0.717) is 0 Å². The molecule has 0 radical (unpaired) electrons. The molecule has 2 atom stereocenters. The van der Waals surface area contributed by atoms with E-state index in [2.05, 4.69) is 5.32 Å². The van der Waals surface area contributed by atoms with Crippen molar-refractivity contribution in [2.45, 2.75) is 31.9 Å². The Kier molecular flexibility index (Phi) is 3.33. The number of hydrogen-bond donors (Lipinski definition) is 2. The van der Waals surface area contributed by atoms with Crippen LogP contribution in [0, 0.1) is 0 Å². The Morgan fingerprint density at radius 3 is 3.06 bits per heavy atom. The van der Waals surface area contributed by atoms with Gasteiger partial charge in [-0.2, -0.15) is 0 Å². The van der Waals surface area contributed by atoms with Crippen LogP contribution >= 0.6 is 0 Å². The van der Waals surface area contributed by atoms with Crippen LogP contribution in [0.2, 0.25) is 0 Å². The highest BCUT2D eigenvalue weighted by molar-refractivity contribution is 5.80. The first-order valence-corrected chi connectivity index (χ1v) is 5.88. The van der Waals surface area contributed by atoms with Gasteiger partial charge in [0.15, 0.2) is 6.10 Å². The van der Waals surface area contributed by atoms with Crippen molar-refractivity contribution < 1.29 is 9.53 Å². The lowest BCUT2D eigenvalue weighted by Gasteiger charge is -2.14. The molecule has 1 amide bonds. The molecule has 4 nitrogen and oxygen atoms in total. The lowest BCUT2D eigenvalue weighted by atomic mass is 10.1. The molecule has 0 spiro atoms. The number of amides is 1. The van der Waals surface area contributed by atoms with Gasteiger partial charge in [-0.1, -0.05) is 6.07 Å². The number of rotatable bonds is 3.